The molecule has 0 N–H and O–H groups in total. The second kappa shape index (κ2) is 5.53. The number of rotatable bonds is 4. The van der Waals surface area contributed by atoms with Gasteiger partial charge in [0.05, 0.1) is 5.69 Å². The molecule has 2 rings (SSSR count). The van der Waals surface area contributed by atoms with E-state index < -0.39 is 0 Å². The molecule has 0 saturated heterocycles. The summed E-state index contributed by atoms with van der Waals surface area (Å²) in [6, 6.07) is 0. The Morgan fingerprint density at radius 2 is 1.89 bits per heavy atom. The molecule has 1 fully saturated rings. The molecule has 19 heavy (non-hydrogen) atoms. The van der Waals surface area contributed by atoms with Crippen LogP contribution in [0.5, 0.6) is 0 Å². The van der Waals surface area contributed by atoms with Crippen LogP contribution in [0.1, 0.15) is 76.9 Å². The van der Waals surface area contributed by atoms with Gasteiger partial charge < -0.3 is 4.74 Å². The molecule has 2 nitrogen and oxygen atoms in total. The van der Waals surface area contributed by atoms with Crippen LogP contribution in [0.3, 0.4) is 0 Å². The van der Waals surface area contributed by atoms with Crippen LogP contribution in [0.15, 0.2) is 5.38 Å². The zero-order chi connectivity index (χ0) is 14.1. The van der Waals surface area contributed by atoms with Gasteiger partial charge in [0.1, 0.15) is 10.6 Å². The van der Waals surface area contributed by atoms with Gasteiger partial charge >= 0.3 is 0 Å². The molecule has 0 aromatic carbocycles. The van der Waals surface area contributed by atoms with Crippen molar-refractivity contribution in [3.05, 3.63) is 16.1 Å². The minimum atomic E-state index is -0.109. The summed E-state index contributed by atoms with van der Waals surface area (Å²) in [6.07, 6.45) is 4.67. The lowest BCUT2D eigenvalue weighted by molar-refractivity contribution is -0.0891. The Bertz CT molecular complexity index is 412. The largest absolute Gasteiger partial charge is 0.368 e. The molecule has 1 heterocycles. The highest BCUT2D eigenvalue weighted by Crippen LogP contribution is 2.48. The SMILES string of the molecule is CCOC1(c2nc(C(C)C)cs2)CCC(C)(C)CC1. The molecule has 1 aliphatic rings. The summed E-state index contributed by atoms with van der Waals surface area (Å²) < 4.78 is 6.19. The third-order valence-electron chi connectivity index (χ3n) is 4.34. The van der Waals surface area contributed by atoms with Crippen LogP contribution < -0.4 is 0 Å². The van der Waals surface area contributed by atoms with E-state index in [2.05, 4.69) is 40.0 Å². The highest BCUT2D eigenvalue weighted by Gasteiger charge is 2.42. The Morgan fingerprint density at radius 3 is 2.37 bits per heavy atom. The van der Waals surface area contributed by atoms with Crippen molar-refractivity contribution in [3.8, 4) is 0 Å². The fourth-order valence-corrected chi connectivity index (χ4v) is 3.98. The summed E-state index contributed by atoms with van der Waals surface area (Å²) in [4.78, 5) is 4.87. The van der Waals surface area contributed by atoms with Gasteiger partial charge in [-0.3, -0.25) is 0 Å². The minimum absolute atomic E-state index is 0.109. The molecule has 0 unspecified atom stereocenters. The predicted molar refractivity (Wildman–Crippen MR) is 81.8 cm³/mol. The molecule has 3 heteroatoms. The van der Waals surface area contributed by atoms with Crippen LogP contribution >= 0.6 is 11.3 Å². The lowest BCUT2D eigenvalue weighted by atomic mass is 9.71. The first kappa shape index (κ1) is 15.0. The number of hydrogen-bond acceptors (Lipinski definition) is 3. The molecule has 1 saturated carbocycles. The first-order valence-corrected chi connectivity index (χ1v) is 8.36. The third-order valence-corrected chi connectivity index (χ3v) is 5.38. The van der Waals surface area contributed by atoms with Gasteiger partial charge in [0, 0.05) is 12.0 Å². The average Bonchev–Trinajstić information content (AvgIpc) is 2.83. The van der Waals surface area contributed by atoms with Gasteiger partial charge in [-0.2, -0.15) is 0 Å². The van der Waals surface area contributed by atoms with Gasteiger partial charge in [0.25, 0.3) is 0 Å². The molecule has 1 aromatic heterocycles. The molecule has 0 radical (unpaired) electrons. The standard InChI is InChI=1S/C16H27NOS/c1-6-18-16(9-7-15(4,5)8-10-16)14-17-13(11-19-14)12(2)3/h11-12H,6-10H2,1-5H3. The van der Waals surface area contributed by atoms with Gasteiger partial charge in [-0.25, -0.2) is 4.98 Å². The van der Waals surface area contributed by atoms with Crippen molar-refractivity contribution in [2.24, 2.45) is 5.41 Å². The third kappa shape index (κ3) is 3.19. The lowest BCUT2D eigenvalue weighted by Gasteiger charge is -2.42. The van der Waals surface area contributed by atoms with Crippen molar-refractivity contribution < 1.29 is 4.74 Å². The Kier molecular flexibility index (Phi) is 4.36. The van der Waals surface area contributed by atoms with Gasteiger partial charge in [0.15, 0.2) is 0 Å². The molecule has 0 aliphatic heterocycles. The first-order chi connectivity index (χ1) is 8.88. The van der Waals surface area contributed by atoms with Crippen LogP contribution in [0, 0.1) is 5.41 Å². The van der Waals surface area contributed by atoms with Gasteiger partial charge in [-0.15, -0.1) is 11.3 Å². The van der Waals surface area contributed by atoms with Gasteiger partial charge in [-0.1, -0.05) is 27.7 Å². The summed E-state index contributed by atoms with van der Waals surface area (Å²) in [5.74, 6) is 0.503. The van der Waals surface area contributed by atoms with Crippen molar-refractivity contribution in [1.82, 2.24) is 4.98 Å². The van der Waals surface area contributed by atoms with E-state index in [9.17, 15) is 0 Å². The second-order valence-electron chi connectivity index (χ2n) is 6.82. The Labute approximate surface area is 121 Å². The second-order valence-corrected chi connectivity index (χ2v) is 7.68. The average molecular weight is 281 g/mol. The van der Waals surface area contributed by atoms with E-state index in [0.29, 0.717) is 11.3 Å². The minimum Gasteiger partial charge on any atom is -0.368 e. The Balaban J connectivity index is 2.24. The van der Waals surface area contributed by atoms with Crippen LogP contribution in [0.2, 0.25) is 0 Å². The van der Waals surface area contributed by atoms with E-state index >= 15 is 0 Å². The van der Waals surface area contributed by atoms with E-state index in [1.807, 2.05) is 0 Å². The Morgan fingerprint density at radius 1 is 1.26 bits per heavy atom. The molecular weight excluding hydrogens is 254 g/mol. The fourth-order valence-electron chi connectivity index (χ4n) is 2.79. The number of aromatic nitrogens is 1. The molecule has 1 aromatic rings. The highest BCUT2D eigenvalue weighted by molar-refractivity contribution is 7.09. The molecule has 108 valence electrons. The normalized spacial score (nSPS) is 21.8. The van der Waals surface area contributed by atoms with Gasteiger partial charge in [-0.05, 0) is 43.9 Å². The molecule has 0 spiro atoms. The predicted octanol–water partition coefficient (Wildman–Crippen LogP) is 5.10. The van der Waals surface area contributed by atoms with Crippen molar-refractivity contribution in [2.75, 3.05) is 6.61 Å². The maximum absolute atomic E-state index is 6.19. The zero-order valence-corrected chi connectivity index (χ0v) is 13.8. The summed E-state index contributed by atoms with van der Waals surface area (Å²) in [5.41, 5.74) is 1.56. The van der Waals surface area contributed by atoms with Crippen molar-refractivity contribution >= 4 is 11.3 Å². The molecule has 0 atom stereocenters. The number of hydrogen-bond donors (Lipinski definition) is 0. The van der Waals surface area contributed by atoms with Crippen molar-refractivity contribution in [3.63, 3.8) is 0 Å². The fraction of sp³-hybridized carbons (Fsp3) is 0.812. The number of nitrogens with zero attached hydrogens (tertiary/aromatic N) is 1. The molecular formula is C16H27NOS. The first-order valence-electron chi connectivity index (χ1n) is 7.48. The maximum atomic E-state index is 6.19. The topological polar surface area (TPSA) is 22.1 Å². The van der Waals surface area contributed by atoms with Crippen molar-refractivity contribution in [2.45, 2.75) is 71.8 Å². The van der Waals surface area contributed by atoms with Crippen molar-refractivity contribution in [1.29, 1.82) is 0 Å². The molecule has 0 amide bonds. The van der Waals surface area contributed by atoms with E-state index in [1.54, 1.807) is 11.3 Å². The number of thiazole rings is 1. The van der Waals surface area contributed by atoms with Crippen LogP contribution in [0.4, 0.5) is 0 Å². The monoisotopic (exact) mass is 281 g/mol. The van der Waals surface area contributed by atoms with Crippen LogP contribution in [-0.2, 0) is 10.3 Å². The van der Waals surface area contributed by atoms with E-state index in [-0.39, 0.29) is 5.60 Å². The summed E-state index contributed by atoms with van der Waals surface area (Å²) in [7, 11) is 0. The molecule has 0 bridgehead atoms. The van der Waals surface area contributed by atoms with Crippen LogP contribution in [-0.4, -0.2) is 11.6 Å². The summed E-state index contributed by atoms with van der Waals surface area (Å²) in [6.45, 7) is 12.0. The summed E-state index contributed by atoms with van der Waals surface area (Å²) >= 11 is 1.79. The maximum Gasteiger partial charge on any atom is 0.125 e. The zero-order valence-electron chi connectivity index (χ0n) is 13.0. The molecule has 1 aliphatic carbocycles. The number of ether oxygens (including phenoxy) is 1. The quantitative estimate of drug-likeness (QED) is 0.766. The smallest absolute Gasteiger partial charge is 0.125 e. The van der Waals surface area contributed by atoms with Crippen LogP contribution in [0.25, 0.3) is 0 Å². The van der Waals surface area contributed by atoms with E-state index in [4.69, 9.17) is 9.72 Å². The Hall–Kier alpha value is -0.410. The highest BCUT2D eigenvalue weighted by atomic mass is 32.1. The lowest BCUT2D eigenvalue weighted by Crippen LogP contribution is -2.37. The van der Waals surface area contributed by atoms with Gasteiger partial charge in [0.2, 0.25) is 0 Å². The van der Waals surface area contributed by atoms with E-state index in [0.717, 1.165) is 19.4 Å². The van der Waals surface area contributed by atoms with E-state index in [1.165, 1.54) is 23.5 Å². The summed E-state index contributed by atoms with van der Waals surface area (Å²) in [5, 5.41) is 3.41.